The van der Waals surface area contributed by atoms with Gasteiger partial charge in [0.1, 0.15) is 5.75 Å². The van der Waals surface area contributed by atoms with Gasteiger partial charge in [0.2, 0.25) is 5.95 Å². The monoisotopic (exact) mass is 531 g/mol. The number of hydrogen-bond donors (Lipinski definition) is 2. The number of aromatic nitrogens is 2. The Morgan fingerprint density at radius 1 is 1.05 bits per heavy atom. The van der Waals surface area contributed by atoms with E-state index in [1.165, 1.54) is 0 Å². The number of hydrogen-bond acceptors (Lipinski definition) is 6. The molecule has 38 heavy (non-hydrogen) atoms. The van der Waals surface area contributed by atoms with Crippen LogP contribution in [0.4, 0.5) is 5.95 Å². The van der Waals surface area contributed by atoms with Crippen molar-refractivity contribution >= 4 is 28.5 Å². The number of amides is 1. The highest BCUT2D eigenvalue weighted by Gasteiger charge is 2.34. The van der Waals surface area contributed by atoms with Crippen molar-refractivity contribution in [2.75, 3.05) is 26.5 Å². The second kappa shape index (κ2) is 11.5. The SMILES string of the molecule is CNc1ncc(-c2ccc(OC)c(CN(C(=O)C3=C(Cl)c4ccccc4C3)[C@H]3CC[C@@H](NC)CC3)c2)cn1. The molecule has 2 aromatic carbocycles. The van der Waals surface area contributed by atoms with Gasteiger partial charge in [0.25, 0.3) is 5.91 Å². The highest BCUT2D eigenvalue weighted by Crippen LogP contribution is 2.38. The van der Waals surface area contributed by atoms with Crippen LogP contribution in [0.3, 0.4) is 0 Å². The number of benzene rings is 2. The normalized spacial score (nSPS) is 18.7. The van der Waals surface area contributed by atoms with Gasteiger partial charge in [0.15, 0.2) is 0 Å². The van der Waals surface area contributed by atoms with Crippen molar-refractivity contribution < 1.29 is 9.53 Å². The van der Waals surface area contributed by atoms with Gasteiger partial charge in [-0.25, -0.2) is 9.97 Å². The van der Waals surface area contributed by atoms with E-state index >= 15 is 0 Å². The lowest BCUT2D eigenvalue weighted by molar-refractivity contribution is -0.130. The summed E-state index contributed by atoms with van der Waals surface area (Å²) in [7, 11) is 5.47. The first kappa shape index (κ1) is 26.2. The number of anilines is 1. The van der Waals surface area contributed by atoms with Crippen molar-refractivity contribution in [3.8, 4) is 16.9 Å². The van der Waals surface area contributed by atoms with Crippen molar-refractivity contribution in [1.29, 1.82) is 0 Å². The summed E-state index contributed by atoms with van der Waals surface area (Å²) in [6.07, 6.45) is 8.10. The van der Waals surface area contributed by atoms with E-state index < -0.39 is 0 Å². The van der Waals surface area contributed by atoms with Crippen molar-refractivity contribution in [3.05, 3.63) is 77.1 Å². The molecule has 0 spiro atoms. The van der Waals surface area contributed by atoms with Crippen LogP contribution in [0.15, 0.2) is 60.4 Å². The van der Waals surface area contributed by atoms with E-state index in [9.17, 15) is 4.79 Å². The highest BCUT2D eigenvalue weighted by atomic mass is 35.5. The second-order valence-electron chi connectivity index (χ2n) is 9.93. The number of carbonyl (C=O) groups is 1. The van der Waals surface area contributed by atoms with Crippen LogP contribution >= 0.6 is 11.6 Å². The van der Waals surface area contributed by atoms with E-state index in [2.05, 4.69) is 26.7 Å². The number of halogens is 1. The van der Waals surface area contributed by atoms with Crippen LogP contribution in [0.5, 0.6) is 5.75 Å². The summed E-state index contributed by atoms with van der Waals surface area (Å²) in [5, 5.41) is 6.92. The summed E-state index contributed by atoms with van der Waals surface area (Å²) in [5.41, 5.74) is 5.55. The molecule has 8 heteroatoms. The van der Waals surface area contributed by atoms with Gasteiger partial charge in [0.05, 0.1) is 12.1 Å². The Morgan fingerprint density at radius 3 is 2.45 bits per heavy atom. The van der Waals surface area contributed by atoms with Gasteiger partial charge in [-0.3, -0.25) is 4.79 Å². The van der Waals surface area contributed by atoms with E-state index in [4.69, 9.17) is 16.3 Å². The van der Waals surface area contributed by atoms with Gasteiger partial charge in [-0.05, 0) is 61.6 Å². The molecule has 2 aliphatic rings. The molecule has 0 radical (unpaired) electrons. The Balaban J connectivity index is 1.48. The molecule has 1 amide bonds. The third-order valence-corrected chi connectivity index (χ3v) is 8.21. The van der Waals surface area contributed by atoms with E-state index in [-0.39, 0.29) is 11.9 Å². The minimum absolute atomic E-state index is 0.00766. The minimum atomic E-state index is 0.00766. The number of methoxy groups -OCH3 is 1. The van der Waals surface area contributed by atoms with E-state index in [0.29, 0.717) is 35.6 Å². The number of ether oxygens (including phenoxy) is 1. The number of fused-ring (bicyclic) bond motifs is 1. The highest BCUT2D eigenvalue weighted by molar-refractivity contribution is 6.51. The summed E-state index contributed by atoms with van der Waals surface area (Å²) in [5.74, 6) is 1.32. The molecule has 0 bridgehead atoms. The molecule has 5 rings (SSSR count). The van der Waals surface area contributed by atoms with Gasteiger partial charge in [0, 0.05) is 61.2 Å². The Labute approximate surface area is 229 Å². The number of rotatable bonds is 8. The second-order valence-corrected chi connectivity index (χ2v) is 10.3. The zero-order chi connectivity index (χ0) is 26.6. The maximum absolute atomic E-state index is 14.2. The zero-order valence-electron chi connectivity index (χ0n) is 22.1. The molecule has 1 aromatic heterocycles. The van der Waals surface area contributed by atoms with Crippen LogP contribution in [0.1, 0.15) is 42.4 Å². The van der Waals surface area contributed by atoms with Crippen LogP contribution in [0.2, 0.25) is 0 Å². The first-order valence-corrected chi connectivity index (χ1v) is 13.5. The number of nitrogens with zero attached hydrogens (tertiary/aromatic N) is 3. The number of carbonyl (C=O) groups excluding carboxylic acids is 1. The summed E-state index contributed by atoms with van der Waals surface area (Å²) < 4.78 is 5.75. The van der Waals surface area contributed by atoms with Gasteiger partial charge in [-0.15, -0.1) is 0 Å². The summed E-state index contributed by atoms with van der Waals surface area (Å²) in [4.78, 5) is 24.9. The molecule has 7 nitrogen and oxygen atoms in total. The topological polar surface area (TPSA) is 79.4 Å². The van der Waals surface area contributed by atoms with E-state index in [0.717, 1.165) is 59.3 Å². The van der Waals surface area contributed by atoms with Gasteiger partial charge < -0.3 is 20.3 Å². The third kappa shape index (κ3) is 5.26. The molecule has 2 N–H and O–H groups in total. The molecule has 0 saturated heterocycles. The number of nitrogens with one attached hydrogen (secondary N) is 2. The van der Waals surface area contributed by atoms with Gasteiger partial charge in [-0.1, -0.05) is 41.9 Å². The van der Waals surface area contributed by atoms with Crippen LogP contribution in [0.25, 0.3) is 16.2 Å². The largest absolute Gasteiger partial charge is 0.496 e. The predicted octanol–water partition coefficient (Wildman–Crippen LogP) is 5.26. The van der Waals surface area contributed by atoms with Crippen LogP contribution in [-0.2, 0) is 17.8 Å². The smallest absolute Gasteiger partial charge is 0.252 e. The van der Waals surface area contributed by atoms with Crippen molar-refractivity contribution in [3.63, 3.8) is 0 Å². The van der Waals surface area contributed by atoms with E-state index in [1.54, 1.807) is 26.6 Å². The lowest BCUT2D eigenvalue weighted by atomic mass is 9.89. The maximum atomic E-state index is 14.2. The lowest BCUT2D eigenvalue weighted by Gasteiger charge is -2.37. The summed E-state index contributed by atoms with van der Waals surface area (Å²) in [6.45, 7) is 0.435. The molecule has 2 aliphatic carbocycles. The molecule has 0 atom stereocenters. The summed E-state index contributed by atoms with van der Waals surface area (Å²) in [6, 6.07) is 14.6. The molecule has 3 aromatic rings. The zero-order valence-corrected chi connectivity index (χ0v) is 22.9. The maximum Gasteiger partial charge on any atom is 0.252 e. The Bertz CT molecular complexity index is 1330. The quantitative estimate of drug-likeness (QED) is 0.413. The van der Waals surface area contributed by atoms with Crippen molar-refractivity contribution in [2.45, 2.75) is 50.7 Å². The Morgan fingerprint density at radius 2 is 1.79 bits per heavy atom. The molecule has 198 valence electrons. The molecule has 1 heterocycles. The van der Waals surface area contributed by atoms with Crippen LogP contribution in [0, 0.1) is 0 Å². The first-order chi connectivity index (χ1) is 18.5. The Kier molecular flexibility index (Phi) is 7.95. The lowest BCUT2D eigenvalue weighted by Crippen LogP contribution is -2.45. The predicted molar refractivity (Wildman–Crippen MR) is 152 cm³/mol. The van der Waals surface area contributed by atoms with Crippen LogP contribution < -0.4 is 15.4 Å². The van der Waals surface area contributed by atoms with Crippen LogP contribution in [-0.4, -0.2) is 54.1 Å². The molecule has 0 unspecified atom stereocenters. The standard InChI is InChI=1S/C30H34ClN5O2/c1-32-23-9-11-24(12-10-23)36(29(37)26-15-20-6-4-5-7-25(20)28(26)31)18-21-14-19(8-13-27(21)38-3)22-16-34-30(33-2)35-17-22/h4-8,13-14,16-17,23-24,32H,9-12,15,18H2,1-3H3,(H,33,34,35)/t23-,24+. The van der Waals surface area contributed by atoms with Crippen molar-refractivity contribution in [1.82, 2.24) is 20.2 Å². The minimum Gasteiger partial charge on any atom is -0.496 e. The fourth-order valence-corrected chi connectivity index (χ4v) is 5.91. The van der Waals surface area contributed by atoms with E-state index in [1.807, 2.05) is 48.3 Å². The van der Waals surface area contributed by atoms with Gasteiger partial charge >= 0.3 is 0 Å². The average Bonchev–Trinajstić information content (AvgIpc) is 3.32. The van der Waals surface area contributed by atoms with Gasteiger partial charge in [-0.2, -0.15) is 0 Å². The molecular formula is C30H34ClN5O2. The Hall–Kier alpha value is -3.42. The fourth-order valence-electron chi connectivity index (χ4n) is 5.58. The molecule has 0 aliphatic heterocycles. The molecular weight excluding hydrogens is 498 g/mol. The first-order valence-electron chi connectivity index (χ1n) is 13.1. The summed E-state index contributed by atoms with van der Waals surface area (Å²) >= 11 is 6.80. The fraction of sp³-hybridized carbons (Fsp3) is 0.367. The molecule has 1 fully saturated rings. The average molecular weight is 532 g/mol. The van der Waals surface area contributed by atoms with Crippen molar-refractivity contribution in [2.24, 2.45) is 0 Å². The molecule has 1 saturated carbocycles. The third-order valence-electron chi connectivity index (χ3n) is 7.78.